The number of benzene rings is 12. The van der Waals surface area contributed by atoms with Gasteiger partial charge in [-0.15, -0.1) is 11.3 Å². The summed E-state index contributed by atoms with van der Waals surface area (Å²) in [5, 5.41) is 7.76. The van der Waals surface area contributed by atoms with Crippen molar-refractivity contribution in [3.8, 4) is 39.1 Å². The smallest absolute Gasteiger partial charge is 0.0714 e. The lowest BCUT2D eigenvalue weighted by molar-refractivity contribution is 0.768. The zero-order chi connectivity index (χ0) is 48.7. The lowest BCUT2D eigenvalue weighted by Crippen LogP contribution is -2.28. The minimum absolute atomic E-state index is 0.525. The largest absolute Gasteiger partial charge is 0.310 e. The highest BCUT2D eigenvalue weighted by Crippen LogP contribution is 2.57. The molecule has 0 aliphatic heterocycles. The molecular weight excluding hydrogens is 913 g/mol. The van der Waals surface area contributed by atoms with E-state index in [-0.39, 0.29) is 0 Å². The van der Waals surface area contributed by atoms with Crippen molar-refractivity contribution in [2.24, 2.45) is 0 Å². The fourth-order valence-electron chi connectivity index (χ4n) is 12.3. The Labute approximate surface area is 433 Å². The van der Waals surface area contributed by atoms with Gasteiger partial charge in [0.05, 0.1) is 16.4 Å². The van der Waals surface area contributed by atoms with Crippen molar-refractivity contribution in [3.05, 3.63) is 301 Å². The van der Waals surface area contributed by atoms with Crippen molar-refractivity contribution in [2.45, 2.75) is 5.41 Å². The van der Waals surface area contributed by atoms with Gasteiger partial charge in [0.1, 0.15) is 0 Å². The van der Waals surface area contributed by atoms with Gasteiger partial charge in [-0.25, -0.2) is 0 Å². The molecule has 346 valence electrons. The fourth-order valence-corrected chi connectivity index (χ4v) is 13.6. The van der Waals surface area contributed by atoms with Crippen LogP contribution in [-0.2, 0) is 5.41 Å². The molecule has 74 heavy (non-hydrogen) atoms. The summed E-state index contributed by atoms with van der Waals surface area (Å²) in [5.74, 6) is 0. The summed E-state index contributed by atoms with van der Waals surface area (Å²) < 4.78 is 5.05. The monoisotopic (exact) mass is 958 g/mol. The second-order valence-corrected chi connectivity index (χ2v) is 20.6. The van der Waals surface area contributed by atoms with Gasteiger partial charge in [-0.1, -0.05) is 212 Å². The van der Waals surface area contributed by atoms with Gasteiger partial charge in [0.15, 0.2) is 0 Å². The summed E-state index contributed by atoms with van der Waals surface area (Å²) in [4.78, 5) is 2.44. The van der Waals surface area contributed by atoms with Gasteiger partial charge in [-0.2, -0.15) is 0 Å². The molecule has 0 unspecified atom stereocenters. The maximum absolute atomic E-state index is 2.46. The standard InChI is InChI=1S/C71H46N2S/c1-3-18-52(19-4-1)71(53-20-5-2-6-21-53)65-27-12-9-24-59(65)60-43-40-57(46-66(60)71)72(55-38-32-48(33-39-55)51-35-41-63-64-42-34-49-16-7-8-23-58(49)70(64)74-69(63)45-51)54-36-30-47(31-37-54)50-17-15-22-56(44-50)73-67-28-13-10-25-61(67)62-26-11-14-29-68(62)73/h1-46H. The molecule has 0 atom stereocenters. The topological polar surface area (TPSA) is 8.17 Å². The number of aromatic nitrogens is 1. The van der Waals surface area contributed by atoms with Gasteiger partial charge in [0, 0.05) is 53.7 Å². The van der Waals surface area contributed by atoms with E-state index >= 15 is 0 Å². The molecule has 0 fully saturated rings. The Morgan fingerprint density at radius 3 is 1.55 bits per heavy atom. The van der Waals surface area contributed by atoms with Gasteiger partial charge < -0.3 is 9.47 Å². The number of nitrogens with zero attached hydrogens (tertiary/aromatic N) is 2. The van der Waals surface area contributed by atoms with Gasteiger partial charge in [0.25, 0.3) is 0 Å². The predicted molar refractivity (Wildman–Crippen MR) is 314 cm³/mol. The molecule has 0 amide bonds. The lowest BCUT2D eigenvalue weighted by Gasteiger charge is -2.35. The summed E-state index contributed by atoms with van der Waals surface area (Å²) in [6.07, 6.45) is 0. The second-order valence-electron chi connectivity index (χ2n) is 19.6. The second kappa shape index (κ2) is 16.9. The van der Waals surface area contributed by atoms with Crippen LogP contribution in [0.5, 0.6) is 0 Å². The van der Waals surface area contributed by atoms with Crippen LogP contribution in [0.4, 0.5) is 17.1 Å². The van der Waals surface area contributed by atoms with E-state index in [4.69, 9.17) is 0 Å². The Kier molecular flexibility index (Phi) is 9.70. The average molecular weight is 959 g/mol. The predicted octanol–water partition coefficient (Wildman–Crippen LogP) is 19.5. The van der Waals surface area contributed by atoms with Crippen LogP contribution in [0, 0.1) is 0 Å². The Hall–Kier alpha value is -9.28. The van der Waals surface area contributed by atoms with E-state index in [1.807, 2.05) is 11.3 Å². The summed E-state index contributed by atoms with van der Waals surface area (Å²) in [6.45, 7) is 0. The first-order chi connectivity index (χ1) is 36.7. The number of hydrogen-bond donors (Lipinski definition) is 0. The lowest BCUT2D eigenvalue weighted by atomic mass is 9.67. The first-order valence-corrected chi connectivity index (χ1v) is 26.3. The van der Waals surface area contributed by atoms with Crippen LogP contribution in [-0.4, -0.2) is 4.57 Å². The molecule has 0 N–H and O–H groups in total. The molecule has 2 aromatic heterocycles. The van der Waals surface area contributed by atoms with Crippen molar-refractivity contribution in [3.63, 3.8) is 0 Å². The van der Waals surface area contributed by atoms with Gasteiger partial charge >= 0.3 is 0 Å². The van der Waals surface area contributed by atoms with E-state index in [0.717, 1.165) is 28.3 Å². The van der Waals surface area contributed by atoms with Crippen molar-refractivity contribution < 1.29 is 0 Å². The van der Waals surface area contributed by atoms with Crippen LogP contribution in [0.2, 0.25) is 0 Å². The Morgan fingerprint density at radius 1 is 0.324 bits per heavy atom. The molecule has 12 aromatic carbocycles. The molecule has 1 aliphatic carbocycles. The number of hydrogen-bond acceptors (Lipinski definition) is 2. The van der Waals surface area contributed by atoms with Crippen molar-refractivity contribution in [1.82, 2.24) is 4.57 Å². The summed E-state index contributed by atoms with van der Waals surface area (Å²) in [7, 11) is 0. The van der Waals surface area contributed by atoms with Crippen LogP contribution >= 0.6 is 11.3 Å². The first-order valence-electron chi connectivity index (χ1n) is 25.5. The van der Waals surface area contributed by atoms with Gasteiger partial charge in [-0.05, 0) is 133 Å². The number of para-hydroxylation sites is 2. The zero-order valence-electron chi connectivity index (χ0n) is 40.4. The molecule has 1 aliphatic rings. The van der Waals surface area contributed by atoms with Crippen LogP contribution in [0.1, 0.15) is 22.3 Å². The first kappa shape index (κ1) is 42.4. The molecule has 2 nitrogen and oxygen atoms in total. The van der Waals surface area contributed by atoms with Crippen molar-refractivity contribution >= 4 is 81.1 Å². The molecule has 0 bridgehead atoms. The maximum atomic E-state index is 2.46. The normalized spacial score (nSPS) is 12.7. The highest BCUT2D eigenvalue weighted by atomic mass is 32.1. The minimum atomic E-state index is -0.525. The van der Waals surface area contributed by atoms with E-state index in [1.165, 1.54) is 103 Å². The number of anilines is 3. The third-order valence-electron chi connectivity index (χ3n) is 15.7. The molecule has 0 radical (unpaired) electrons. The van der Waals surface area contributed by atoms with E-state index in [1.54, 1.807) is 0 Å². The van der Waals surface area contributed by atoms with Crippen molar-refractivity contribution in [2.75, 3.05) is 4.90 Å². The van der Waals surface area contributed by atoms with E-state index in [0.29, 0.717) is 0 Å². The molecule has 14 aromatic rings. The molecular formula is C71H46N2S. The molecule has 0 saturated carbocycles. The quantitative estimate of drug-likeness (QED) is 0.147. The third-order valence-corrected chi connectivity index (χ3v) is 16.9. The Balaban J connectivity index is 0.869. The summed E-state index contributed by atoms with van der Waals surface area (Å²) >= 11 is 1.89. The SMILES string of the molecule is c1ccc(C2(c3ccccc3)c3ccccc3-c3ccc(N(c4ccc(-c5cccc(-n6c7ccccc7c7ccccc76)c5)cc4)c4ccc(-c5ccc6c(c5)sc5c7ccccc7ccc65)cc4)cc32)cc1. The third kappa shape index (κ3) is 6.50. The number of thiophene rings is 1. The Bertz CT molecular complexity index is 4380. The number of fused-ring (bicyclic) bond motifs is 11. The van der Waals surface area contributed by atoms with Gasteiger partial charge in [-0.3, -0.25) is 0 Å². The van der Waals surface area contributed by atoms with E-state index in [2.05, 4.69) is 289 Å². The van der Waals surface area contributed by atoms with E-state index in [9.17, 15) is 0 Å². The highest BCUT2D eigenvalue weighted by Gasteiger charge is 2.46. The van der Waals surface area contributed by atoms with Gasteiger partial charge in [0.2, 0.25) is 0 Å². The van der Waals surface area contributed by atoms with Crippen LogP contribution in [0.25, 0.3) is 91.8 Å². The Morgan fingerprint density at radius 2 is 0.865 bits per heavy atom. The highest BCUT2D eigenvalue weighted by molar-refractivity contribution is 7.26. The average Bonchev–Trinajstić information content (AvgIpc) is 4.12. The maximum Gasteiger partial charge on any atom is 0.0714 e. The minimum Gasteiger partial charge on any atom is -0.310 e. The molecule has 2 heterocycles. The molecule has 15 rings (SSSR count). The van der Waals surface area contributed by atoms with E-state index < -0.39 is 5.41 Å². The summed E-state index contributed by atoms with van der Waals surface area (Å²) in [5.41, 5.74) is 18.6. The molecule has 0 saturated heterocycles. The van der Waals surface area contributed by atoms with Crippen LogP contribution in [0.15, 0.2) is 279 Å². The zero-order valence-corrected chi connectivity index (χ0v) is 41.2. The number of rotatable bonds is 8. The molecule has 3 heteroatoms. The van der Waals surface area contributed by atoms with Crippen LogP contribution < -0.4 is 4.90 Å². The molecule has 0 spiro atoms. The summed E-state index contributed by atoms with van der Waals surface area (Å²) in [6, 6.07) is 103. The fraction of sp³-hybridized carbons (Fsp3) is 0.0141. The van der Waals surface area contributed by atoms with Crippen molar-refractivity contribution in [1.29, 1.82) is 0 Å². The van der Waals surface area contributed by atoms with Crippen LogP contribution in [0.3, 0.4) is 0 Å².